The molecule has 0 fully saturated rings. The Labute approximate surface area is 36.8 Å². The van der Waals surface area contributed by atoms with Crippen molar-refractivity contribution in [1.82, 2.24) is 0 Å². The van der Waals surface area contributed by atoms with Crippen LogP contribution in [0.4, 0.5) is 0 Å². The molecular formula is C3H5BO2. The number of carbonyl (C=O) groups excluding carboxylic acids is 2. The van der Waals surface area contributed by atoms with E-state index in [9.17, 15) is 9.59 Å². The summed E-state index contributed by atoms with van der Waals surface area (Å²) in [4.78, 5) is 19.2. The smallest absolute Gasteiger partial charge is 0.280 e. The summed E-state index contributed by atoms with van der Waals surface area (Å²) in [6.45, 7) is 1.38. The lowest BCUT2D eigenvalue weighted by Gasteiger charge is -1.68. The van der Waals surface area contributed by atoms with E-state index in [1.165, 1.54) is 6.92 Å². The van der Waals surface area contributed by atoms with Gasteiger partial charge in [-0.05, 0) is 6.92 Å². The van der Waals surface area contributed by atoms with Crippen LogP contribution in [0, 0.1) is 0 Å². The van der Waals surface area contributed by atoms with Gasteiger partial charge in [-0.3, -0.25) is 0 Å². The van der Waals surface area contributed by atoms with Gasteiger partial charge in [-0.2, -0.15) is 0 Å². The average molecular weight is 83.9 g/mol. The number of hydrogen-bond acceptors (Lipinski definition) is 2. The van der Waals surface area contributed by atoms with Crippen molar-refractivity contribution in [3.05, 3.63) is 0 Å². The quantitative estimate of drug-likeness (QED) is 0.323. The van der Waals surface area contributed by atoms with Crippen LogP contribution in [-0.2, 0) is 9.59 Å². The van der Waals surface area contributed by atoms with E-state index in [0.717, 1.165) is 0 Å². The maximum absolute atomic E-state index is 9.81. The first-order chi connectivity index (χ1) is 2.77. The van der Waals surface area contributed by atoms with Gasteiger partial charge in [0.25, 0.3) is 7.28 Å². The van der Waals surface area contributed by atoms with Gasteiger partial charge in [-0.15, -0.1) is 0 Å². The van der Waals surface area contributed by atoms with Crippen LogP contribution in [-0.4, -0.2) is 19.1 Å². The minimum absolute atomic E-state index is 0.0556. The summed E-state index contributed by atoms with van der Waals surface area (Å²) in [6, 6.07) is 0. The predicted octanol–water partition coefficient (Wildman–Crippen LogP) is -0.840. The summed E-state index contributed by atoms with van der Waals surface area (Å²) in [7, 11) is 0.0556. The van der Waals surface area contributed by atoms with Crippen LogP contribution in [0.15, 0.2) is 0 Å². The second kappa shape index (κ2) is 2.63. The van der Waals surface area contributed by atoms with Crippen molar-refractivity contribution in [1.29, 1.82) is 0 Å². The summed E-state index contributed by atoms with van der Waals surface area (Å²) >= 11 is 0. The molecule has 0 saturated carbocycles. The molecule has 0 heterocycles. The van der Waals surface area contributed by atoms with Crippen molar-refractivity contribution >= 4 is 19.1 Å². The van der Waals surface area contributed by atoms with E-state index in [-0.39, 0.29) is 13.0 Å². The molecule has 0 aromatic carbocycles. The van der Waals surface area contributed by atoms with Crippen LogP contribution in [0.5, 0.6) is 0 Å². The summed E-state index contributed by atoms with van der Waals surface area (Å²) in [5.74, 6) is 0. The van der Waals surface area contributed by atoms with Crippen LogP contribution in [0.25, 0.3) is 0 Å². The Kier molecular flexibility index (Phi) is 2.37. The Morgan fingerprint density at radius 1 is 1.83 bits per heavy atom. The van der Waals surface area contributed by atoms with Gasteiger partial charge in [0.1, 0.15) is 0 Å². The molecule has 0 atom stereocenters. The molecule has 0 rings (SSSR count). The van der Waals surface area contributed by atoms with Crippen molar-refractivity contribution in [3.63, 3.8) is 0 Å². The largest absolute Gasteiger partial charge is 0.314 e. The molecule has 0 aromatic rings. The Balaban J connectivity index is 3.05. The Morgan fingerprint density at radius 3 is 2.33 bits per heavy atom. The van der Waals surface area contributed by atoms with Crippen LogP contribution in [0.3, 0.4) is 0 Å². The maximum Gasteiger partial charge on any atom is 0.280 e. The highest BCUT2D eigenvalue weighted by molar-refractivity contribution is 6.92. The highest BCUT2D eigenvalue weighted by Crippen LogP contribution is 1.54. The van der Waals surface area contributed by atoms with Crippen molar-refractivity contribution in [2.24, 2.45) is 0 Å². The fourth-order valence-electron chi connectivity index (χ4n) is 0.117. The maximum atomic E-state index is 9.81. The van der Waals surface area contributed by atoms with Gasteiger partial charge in [-0.1, -0.05) is 0 Å². The minimum atomic E-state index is -0.0787. The monoisotopic (exact) mass is 84.0 g/mol. The molecule has 3 heteroatoms. The second-order valence-corrected chi connectivity index (χ2v) is 1.07. The zero-order chi connectivity index (χ0) is 4.99. The Bertz CT molecular complexity index is 69.2. The highest BCUT2D eigenvalue weighted by Gasteiger charge is 1.89. The van der Waals surface area contributed by atoms with E-state index in [1.807, 2.05) is 0 Å². The molecule has 2 nitrogen and oxygen atoms in total. The first-order valence-corrected chi connectivity index (χ1v) is 1.70. The fraction of sp³-hybridized carbons (Fsp3) is 0.333. The van der Waals surface area contributed by atoms with Gasteiger partial charge in [0.15, 0.2) is 0 Å². The highest BCUT2D eigenvalue weighted by atomic mass is 16.1. The summed E-state index contributed by atoms with van der Waals surface area (Å²) < 4.78 is 0. The molecule has 32 valence electrons. The third kappa shape index (κ3) is 3.40. The topological polar surface area (TPSA) is 34.1 Å². The van der Waals surface area contributed by atoms with Gasteiger partial charge in [0, 0.05) is 0 Å². The van der Waals surface area contributed by atoms with E-state index in [4.69, 9.17) is 0 Å². The number of hydrogen-bond donors (Lipinski definition) is 0. The predicted molar refractivity (Wildman–Crippen MR) is 24.6 cm³/mol. The fourth-order valence-corrected chi connectivity index (χ4v) is 0.117. The summed E-state index contributed by atoms with van der Waals surface area (Å²) in [6.07, 6.45) is 0.600. The zero-order valence-corrected chi connectivity index (χ0v) is 3.60. The van der Waals surface area contributed by atoms with Gasteiger partial charge in [-0.25, -0.2) is 0 Å². The van der Waals surface area contributed by atoms with Crippen LogP contribution < -0.4 is 0 Å². The number of rotatable bonds is 2. The van der Waals surface area contributed by atoms with Crippen molar-refractivity contribution < 1.29 is 9.59 Å². The molecule has 0 N–H and O–H groups in total. The average Bonchev–Trinajstić information content (AvgIpc) is 1.35. The lowest BCUT2D eigenvalue weighted by Crippen LogP contribution is -2.03. The lowest BCUT2D eigenvalue weighted by atomic mass is 9.77. The van der Waals surface area contributed by atoms with Crippen LogP contribution in [0.2, 0.25) is 0 Å². The number of carbonyl (C=O) groups is 2. The molecule has 0 saturated heterocycles. The molecule has 0 spiro atoms. The molecule has 0 aliphatic rings. The van der Waals surface area contributed by atoms with E-state index in [1.54, 1.807) is 0 Å². The lowest BCUT2D eigenvalue weighted by molar-refractivity contribution is -0.110. The van der Waals surface area contributed by atoms with Gasteiger partial charge in [0.2, 0.25) is 0 Å². The van der Waals surface area contributed by atoms with Crippen LogP contribution in [0.1, 0.15) is 6.92 Å². The molecule has 0 radical (unpaired) electrons. The molecule has 0 aliphatic carbocycles. The molecular weight excluding hydrogens is 78.8 g/mol. The third-order valence-electron chi connectivity index (χ3n) is 0.371. The molecule has 6 heavy (non-hydrogen) atoms. The normalized spacial score (nSPS) is 6.83. The molecule has 0 unspecified atom stereocenters. The second-order valence-electron chi connectivity index (χ2n) is 1.07. The van der Waals surface area contributed by atoms with E-state index < -0.39 is 0 Å². The third-order valence-corrected chi connectivity index (χ3v) is 0.371. The molecule has 0 aromatic heterocycles. The van der Waals surface area contributed by atoms with Crippen LogP contribution >= 0.6 is 0 Å². The first-order valence-electron chi connectivity index (χ1n) is 1.70. The molecule has 0 amide bonds. The van der Waals surface area contributed by atoms with Crippen molar-refractivity contribution in [2.75, 3.05) is 0 Å². The van der Waals surface area contributed by atoms with Crippen molar-refractivity contribution in [3.8, 4) is 0 Å². The standard InChI is InChI=1S/C3H5BO2/c1-3(6)4-2-5/h2,4H,1H3. The Hall–Kier alpha value is -0.595. The Morgan fingerprint density at radius 2 is 2.33 bits per heavy atom. The molecule has 0 bridgehead atoms. The molecule has 0 aliphatic heterocycles. The van der Waals surface area contributed by atoms with Gasteiger partial charge >= 0.3 is 0 Å². The minimum Gasteiger partial charge on any atom is -0.314 e. The first kappa shape index (κ1) is 5.40. The van der Waals surface area contributed by atoms with Gasteiger partial charge in [0.05, 0.1) is 11.9 Å². The summed E-state index contributed by atoms with van der Waals surface area (Å²) in [5.41, 5.74) is -0.0787. The van der Waals surface area contributed by atoms with Crippen molar-refractivity contribution in [2.45, 2.75) is 6.92 Å². The zero-order valence-electron chi connectivity index (χ0n) is 3.60. The SMILES string of the molecule is CC(=O)BC=O. The van der Waals surface area contributed by atoms with E-state index in [0.29, 0.717) is 6.19 Å². The summed E-state index contributed by atoms with van der Waals surface area (Å²) in [5, 5.41) is 0. The van der Waals surface area contributed by atoms with E-state index in [2.05, 4.69) is 0 Å². The van der Waals surface area contributed by atoms with Gasteiger partial charge < -0.3 is 9.59 Å². The van der Waals surface area contributed by atoms with E-state index >= 15 is 0 Å².